The maximum absolute atomic E-state index is 12.1. The second-order valence-electron chi connectivity index (χ2n) is 7.65. The number of para-hydroxylation sites is 1. The number of hydrazone groups is 1. The van der Waals surface area contributed by atoms with E-state index in [2.05, 4.69) is 36.5 Å². The molecule has 0 aliphatic heterocycles. The first kappa shape index (κ1) is 23.1. The minimum Gasteiger partial charge on any atom is -0.488 e. The van der Waals surface area contributed by atoms with E-state index in [1.807, 2.05) is 66.7 Å². The molecule has 0 radical (unpaired) electrons. The number of nitrogens with zero attached hydrogens (tertiary/aromatic N) is 1. The smallest absolute Gasteiger partial charge is 0.277 e. The zero-order chi connectivity index (χ0) is 22.6. The summed E-state index contributed by atoms with van der Waals surface area (Å²) in [5, 5.41) is 4.04. The number of rotatable bonds is 11. The van der Waals surface area contributed by atoms with Crippen LogP contribution in [0.3, 0.4) is 0 Å². The van der Waals surface area contributed by atoms with Crippen molar-refractivity contribution in [1.82, 2.24) is 5.43 Å². The largest absolute Gasteiger partial charge is 0.488 e. The van der Waals surface area contributed by atoms with Gasteiger partial charge in [0.15, 0.2) is 6.61 Å². The summed E-state index contributed by atoms with van der Waals surface area (Å²) in [5.74, 6) is 1.55. The molecule has 0 aliphatic rings. The Morgan fingerprint density at radius 2 is 1.69 bits per heavy atom. The highest BCUT2D eigenvalue weighted by molar-refractivity contribution is 5.85. The van der Waals surface area contributed by atoms with Crippen molar-refractivity contribution in [3.63, 3.8) is 0 Å². The molecule has 166 valence electrons. The van der Waals surface area contributed by atoms with E-state index < -0.39 is 0 Å². The van der Waals surface area contributed by atoms with Gasteiger partial charge in [0.25, 0.3) is 5.91 Å². The predicted molar refractivity (Wildman–Crippen MR) is 128 cm³/mol. The summed E-state index contributed by atoms with van der Waals surface area (Å²) in [5.41, 5.74) is 5.64. The molecule has 0 heterocycles. The molecule has 0 bridgehead atoms. The van der Waals surface area contributed by atoms with Crippen molar-refractivity contribution in [2.24, 2.45) is 5.10 Å². The third-order valence-electron chi connectivity index (χ3n) is 5.09. The molecule has 3 aromatic carbocycles. The van der Waals surface area contributed by atoms with E-state index in [4.69, 9.17) is 9.47 Å². The van der Waals surface area contributed by atoms with Crippen LogP contribution in [0.1, 0.15) is 49.3 Å². The molecule has 1 atom stereocenters. The molecule has 3 aromatic rings. The molecule has 0 aliphatic carbocycles. The average molecular weight is 431 g/mol. The number of carbonyl (C=O) groups excluding carboxylic acids is 1. The molecule has 1 amide bonds. The van der Waals surface area contributed by atoms with Crippen LogP contribution < -0.4 is 14.9 Å². The van der Waals surface area contributed by atoms with Crippen molar-refractivity contribution >= 4 is 12.1 Å². The van der Waals surface area contributed by atoms with Gasteiger partial charge in [0.2, 0.25) is 0 Å². The predicted octanol–water partition coefficient (Wildman–Crippen LogP) is 5.70. The van der Waals surface area contributed by atoms with Gasteiger partial charge in [-0.05, 0) is 47.7 Å². The number of benzene rings is 3. The van der Waals surface area contributed by atoms with Gasteiger partial charge < -0.3 is 9.47 Å². The summed E-state index contributed by atoms with van der Waals surface area (Å²) in [6.45, 7) is 4.76. The molecule has 5 heteroatoms. The Morgan fingerprint density at radius 3 is 2.44 bits per heavy atom. The van der Waals surface area contributed by atoms with Gasteiger partial charge in [0.05, 0.1) is 6.21 Å². The lowest BCUT2D eigenvalue weighted by atomic mass is 9.97. The Kier molecular flexibility index (Phi) is 8.87. The number of hydrogen-bond acceptors (Lipinski definition) is 4. The molecule has 0 spiro atoms. The number of nitrogens with one attached hydrogen (secondary N) is 1. The molecule has 1 N–H and O–H groups in total. The second-order valence-corrected chi connectivity index (χ2v) is 7.65. The van der Waals surface area contributed by atoms with Gasteiger partial charge in [-0.25, -0.2) is 5.43 Å². The molecule has 0 saturated heterocycles. The summed E-state index contributed by atoms with van der Waals surface area (Å²) < 4.78 is 11.5. The van der Waals surface area contributed by atoms with E-state index in [-0.39, 0.29) is 12.5 Å². The molecule has 5 nitrogen and oxygen atoms in total. The fourth-order valence-corrected chi connectivity index (χ4v) is 3.30. The van der Waals surface area contributed by atoms with Gasteiger partial charge >= 0.3 is 0 Å². The molecular formula is C27H30N2O3. The first-order chi connectivity index (χ1) is 15.7. The van der Waals surface area contributed by atoms with Crippen LogP contribution in [0.5, 0.6) is 11.5 Å². The van der Waals surface area contributed by atoms with Crippen LogP contribution in [0.2, 0.25) is 0 Å². The Balaban J connectivity index is 1.47. The van der Waals surface area contributed by atoms with Gasteiger partial charge in [0.1, 0.15) is 18.1 Å². The fraction of sp³-hybridized carbons (Fsp3) is 0.259. The van der Waals surface area contributed by atoms with E-state index >= 15 is 0 Å². The van der Waals surface area contributed by atoms with Crippen LogP contribution in [-0.4, -0.2) is 18.7 Å². The first-order valence-electron chi connectivity index (χ1n) is 11.0. The zero-order valence-corrected chi connectivity index (χ0v) is 18.7. The van der Waals surface area contributed by atoms with Crippen molar-refractivity contribution in [2.45, 2.75) is 39.2 Å². The third kappa shape index (κ3) is 7.27. The minimum absolute atomic E-state index is 0.104. The van der Waals surface area contributed by atoms with Crippen LogP contribution in [0.4, 0.5) is 0 Å². The second kappa shape index (κ2) is 12.3. The monoisotopic (exact) mass is 430 g/mol. The number of ether oxygens (including phenoxy) is 2. The van der Waals surface area contributed by atoms with Gasteiger partial charge in [-0.15, -0.1) is 0 Å². The zero-order valence-electron chi connectivity index (χ0n) is 18.7. The van der Waals surface area contributed by atoms with E-state index in [9.17, 15) is 4.79 Å². The Hall–Kier alpha value is -3.60. The van der Waals surface area contributed by atoms with Gasteiger partial charge in [0, 0.05) is 5.56 Å². The summed E-state index contributed by atoms with van der Waals surface area (Å²) >= 11 is 0. The fourth-order valence-electron chi connectivity index (χ4n) is 3.30. The summed E-state index contributed by atoms with van der Waals surface area (Å²) in [4.78, 5) is 12.1. The Bertz CT molecular complexity index is 1000. The van der Waals surface area contributed by atoms with Crippen molar-refractivity contribution in [2.75, 3.05) is 6.61 Å². The van der Waals surface area contributed by atoms with E-state index in [1.54, 1.807) is 6.21 Å². The molecule has 0 fully saturated rings. The third-order valence-corrected chi connectivity index (χ3v) is 5.09. The Labute approximate surface area is 190 Å². The van der Waals surface area contributed by atoms with E-state index in [0.29, 0.717) is 24.0 Å². The lowest BCUT2D eigenvalue weighted by molar-refractivity contribution is -0.123. The maximum Gasteiger partial charge on any atom is 0.277 e. The topological polar surface area (TPSA) is 59.9 Å². The highest BCUT2D eigenvalue weighted by Crippen LogP contribution is 2.23. The SMILES string of the molecule is CCC[C@@H](C)c1ccc(OCC(=O)N/N=C\c2ccccc2OCc2ccccc2)cc1. The van der Waals surface area contributed by atoms with Crippen molar-refractivity contribution in [1.29, 1.82) is 0 Å². The van der Waals surface area contributed by atoms with Crippen LogP contribution in [0.25, 0.3) is 0 Å². The normalized spacial score (nSPS) is 11.8. The molecule has 0 aromatic heterocycles. The molecule has 32 heavy (non-hydrogen) atoms. The standard InChI is InChI=1S/C27H30N2O3/c1-3-9-21(2)23-14-16-25(17-15-23)31-20-27(30)29-28-18-24-12-7-8-13-26(24)32-19-22-10-5-4-6-11-22/h4-8,10-18,21H,3,9,19-20H2,1-2H3,(H,29,30)/b28-18-/t21-/m1/s1. The van der Waals surface area contributed by atoms with Crippen molar-refractivity contribution in [3.05, 3.63) is 95.6 Å². The number of carbonyl (C=O) groups is 1. The summed E-state index contributed by atoms with van der Waals surface area (Å²) in [6.07, 6.45) is 3.88. The molecule has 3 rings (SSSR count). The molecular weight excluding hydrogens is 400 g/mol. The van der Waals surface area contributed by atoms with Crippen LogP contribution in [0.15, 0.2) is 84.0 Å². The quantitative estimate of drug-likeness (QED) is 0.314. The van der Waals surface area contributed by atoms with Gasteiger partial charge in [-0.3, -0.25) is 4.79 Å². The van der Waals surface area contributed by atoms with Gasteiger partial charge in [-0.1, -0.05) is 74.9 Å². The molecule has 0 unspecified atom stereocenters. The average Bonchev–Trinajstić information content (AvgIpc) is 2.83. The maximum atomic E-state index is 12.1. The minimum atomic E-state index is -0.327. The van der Waals surface area contributed by atoms with Crippen LogP contribution >= 0.6 is 0 Å². The van der Waals surface area contributed by atoms with Gasteiger partial charge in [-0.2, -0.15) is 5.10 Å². The summed E-state index contributed by atoms with van der Waals surface area (Å²) in [7, 11) is 0. The van der Waals surface area contributed by atoms with Crippen molar-refractivity contribution in [3.8, 4) is 11.5 Å². The highest BCUT2D eigenvalue weighted by atomic mass is 16.5. The Morgan fingerprint density at radius 1 is 0.969 bits per heavy atom. The lowest BCUT2D eigenvalue weighted by Crippen LogP contribution is -2.24. The summed E-state index contributed by atoms with van der Waals surface area (Å²) in [6, 6.07) is 25.4. The highest BCUT2D eigenvalue weighted by Gasteiger charge is 2.06. The van der Waals surface area contributed by atoms with Crippen molar-refractivity contribution < 1.29 is 14.3 Å². The van der Waals surface area contributed by atoms with Crippen LogP contribution in [0, 0.1) is 0 Å². The first-order valence-corrected chi connectivity index (χ1v) is 11.0. The lowest BCUT2D eigenvalue weighted by Gasteiger charge is -2.11. The number of hydrogen-bond donors (Lipinski definition) is 1. The molecule has 0 saturated carbocycles. The van der Waals surface area contributed by atoms with E-state index in [0.717, 1.165) is 24.0 Å². The van der Waals surface area contributed by atoms with E-state index in [1.165, 1.54) is 5.56 Å². The van der Waals surface area contributed by atoms with Crippen LogP contribution in [-0.2, 0) is 11.4 Å². The number of amides is 1.